The molecular weight excluding hydrogens is 234 g/mol. The Morgan fingerprint density at radius 1 is 1.11 bits per heavy atom. The lowest BCUT2D eigenvalue weighted by Crippen LogP contribution is -2.21. The standard InChI is InChI=1S/C13H15NO.2C2H6/c15-13(11-6-2-1-3-7-11)10-14-12-8-4-5-9-12;2*1-2/h1-3,6-8,14H,4-5,9-10H2;2*1-2H3. The maximum atomic E-state index is 11.7. The predicted molar refractivity (Wildman–Crippen MR) is 83.4 cm³/mol. The molecule has 0 heterocycles. The average molecular weight is 261 g/mol. The second-order valence-electron chi connectivity index (χ2n) is 3.76. The van der Waals surface area contributed by atoms with Gasteiger partial charge in [-0.15, -0.1) is 0 Å². The Kier molecular flexibility index (Phi) is 10.6. The summed E-state index contributed by atoms with van der Waals surface area (Å²) in [5.74, 6) is 0.156. The summed E-state index contributed by atoms with van der Waals surface area (Å²) in [5, 5.41) is 3.19. The summed E-state index contributed by atoms with van der Waals surface area (Å²) >= 11 is 0. The van der Waals surface area contributed by atoms with Crippen LogP contribution in [0.4, 0.5) is 0 Å². The summed E-state index contributed by atoms with van der Waals surface area (Å²) in [6, 6.07) is 9.41. The van der Waals surface area contributed by atoms with Gasteiger partial charge >= 0.3 is 0 Å². The minimum atomic E-state index is 0.156. The first-order chi connectivity index (χ1) is 9.36. The second-order valence-corrected chi connectivity index (χ2v) is 3.76. The number of carbonyl (C=O) groups is 1. The Morgan fingerprint density at radius 2 is 1.74 bits per heavy atom. The minimum Gasteiger partial charge on any atom is -0.381 e. The maximum Gasteiger partial charge on any atom is 0.181 e. The number of benzene rings is 1. The number of Topliss-reactive ketones (excluding diaryl/α,β-unsaturated/α-hetero) is 1. The number of rotatable bonds is 4. The summed E-state index contributed by atoms with van der Waals surface area (Å²) in [7, 11) is 0. The van der Waals surface area contributed by atoms with Gasteiger partial charge in [0.2, 0.25) is 0 Å². The molecule has 19 heavy (non-hydrogen) atoms. The van der Waals surface area contributed by atoms with Gasteiger partial charge in [0.1, 0.15) is 0 Å². The lowest BCUT2D eigenvalue weighted by Gasteiger charge is -2.05. The van der Waals surface area contributed by atoms with Gasteiger partial charge in [-0.05, 0) is 19.3 Å². The van der Waals surface area contributed by atoms with E-state index in [9.17, 15) is 4.79 Å². The molecule has 0 saturated carbocycles. The minimum absolute atomic E-state index is 0.156. The van der Waals surface area contributed by atoms with Crippen LogP contribution in [-0.4, -0.2) is 12.3 Å². The fourth-order valence-electron chi connectivity index (χ4n) is 1.75. The zero-order valence-electron chi connectivity index (χ0n) is 12.7. The smallest absolute Gasteiger partial charge is 0.181 e. The van der Waals surface area contributed by atoms with Gasteiger partial charge in [0.25, 0.3) is 0 Å². The van der Waals surface area contributed by atoms with Crippen molar-refractivity contribution in [3.63, 3.8) is 0 Å². The van der Waals surface area contributed by atoms with Gasteiger partial charge in [0.15, 0.2) is 5.78 Å². The third kappa shape index (κ3) is 6.80. The molecule has 0 fully saturated rings. The van der Waals surface area contributed by atoms with Crippen molar-refractivity contribution in [1.29, 1.82) is 0 Å². The van der Waals surface area contributed by atoms with E-state index in [1.54, 1.807) is 0 Å². The number of ketones is 1. The van der Waals surface area contributed by atoms with E-state index in [2.05, 4.69) is 11.4 Å². The van der Waals surface area contributed by atoms with Crippen LogP contribution in [-0.2, 0) is 0 Å². The molecule has 2 rings (SSSR count). The van der Waals surface area contributed by atoms with Crippen LogP contribution in [0, 0.1) is 0 Å². The molecule has 0 radical (unpaired) electrons. The van der Waals surface area contributed by atoms with Crippen LogP contribution in [0.15, 0.2) is 42.1 Å². The Morgan fingerprint density at radius 3 is 2.26 bits per heavy atom. The van der Waals surface area contributed by atoms with Crippen LogP contribution in [0.5, 0.6) is 0 Å². The zero-order valence-corrected chi connectivity index (χ0v) is 12.7. The molecule has 1 aliphatic carbocycles. The molecule has 1 N–H and O–H groups in total. The van der Waals surface area contributed by atoms with Crippen molar-refractivity contribution < 1.29 is 4.79 Å². The number of carbonyl (C=O) groups excluding carboxylic acids is 1. The predicted octanol–water partition coefficient (Wildman–Crippen LogP) is 4.58. The Balaban J connectivity index is 0.000000741. The highest BCUT2D eigenvalue weighted by molar-refractivity contribution is 5.97. The first-order valence-electron chi connectivity index (χ1n) is 7.37. The van der Waals surface area contributed by atoms with Crippen LogP contribution in [0.1, 0.15) is 57.3 Å². The molecule has 0 aromatic heterocycles. The molecule has 1 aromatic carbocycles. The van der Waals surface area contributed by atoms with Crippen LogP contribution in [0.3, 0.4) is 0 Å². The largest absolute Gasteiger partial charge is 0.381 e. The molecule has 0 atom stereocenters. The molecule has 1 aliphatic rings. The van der Waals surface area contributed by atoms with E-state index in [0.29, 0.717) is 6.54 Å². The van der Waals surface area contributed by atoms with E-state index in [1.807, 2.05) is 58.0 Å². The van der Waals surface area contributed by atoms with E-state index < -0.39 is 0 Å². The van der Waals surface area contributed by atoms with Crippen LogP contribution in [0.25, 0.3) is 0 Å². The van der Waals surface area contributed by atoms with Gasteiger partial charge in [-0.3, -0.25) is 4.79 Å². The number of hydrogen-bond donors (Lipinski definition) is 1. The van der Waals surface area contributed by atoms with Gasteiger partial charge in [-0.2, -0.15) is 0 Å². The van der Waals surface area contributed by atoms with Crippen molar-refractivity contribution in [2.45, 2.75) is 47.0 Å². The van der Waals surface area contributed by atoms with Gasteiger partial charge in [0, 0.05) is 11.3 Å². The van der Waals surface area contributed by atoms with E-state index in [1.165, 1.54) is 12.1 Å². The lowest BCUT2D eigenvalue weighted by atomic mass is 10.1. The zero-order chi connectivity index (χ0) is 14.5. The summed E-state index contributed by atoms with van der Waals surface area (Å²) in [6.07, 6.45) is 5.62. The fourth-order valence-corrected chi connectivity index (χ4v) is 1.75. The van der Waals surface area contributed by atoms with Crippen molar-refractivity contribution in [2.24, 2.45) is 0 Å². The maximum absolute atomic E-state index is 11.7. The average Bonchev–Trinajstić information content (AvgIpc) is 3.03. The lowest BCUT2D eigenvalue weighted by molar-refractivity contribution is 0.0994. The first-order valence-corrected chi connectivity index (χ1v) is 7.37. The highest BCUT2D eigenvalue weighted by atomic mass is 16.1. The summed E-state index contributed by atoms with van der Waals surface area (Å²) in [4.78, 5) is 11.7. The summed E-state index contributed by atoms with van der Waals surface area (Å²) in [5.41, 5.74) is 2.00. The van der Waals surface area contributed by atoms with Crippen molar-refractivity contribution >= 4 is 5.78 Å². The Bertz CT molecular complexity index is 368. The van der Waals surface area contributed by atoms with Gasteiger partial charge < -0.3 is 5.32 Å². The molecule has 1 aromatic rings. The quantitative estimate of drug-likeness (QED) is 0.804. The molecule has 0 spiro atoms. The normalized spacial score (nSPS) is 12.3. The van der Waals surface area contributed by atoms with Gasteiger partial charge in [-0.25, -0.2) is 0 Å². The van der Waals surface area contributed by atoms with E-state index in [4.69, 9.17) is 0 Å². The van der Waals surface area contributed by atoms with Crippen molar-refractivity contribution in [3.8, 4) is 0 Å². The van der Waals surface area contributed by atoms with Crippen molar-refractivity contribution in [3.05, 3.63) is 47.7 Å². The molecule has 0 saturated heterocycles. The third-order valence-corrected chi connectivity index (χ3v) is 2.61. The van der Waals surface area contributed by atoms with Crippen molar-refractivity contribution in [2.75, 3.05) is 6.54 Å². The topological polar surface area (TPSA) is 29.1 Å². The molecule has 0 aliphatic heterocycles. The summed E-state index contributed by atoms with van der Waals surface area (Å²) in [6.45, 7) is 8.41. The fraction of sp³-hybridized carbons (Fsp3) is 0.471. The number of hydrogen-bond acceptors (Lipinski definition) is 2. The van der Waals surface area contributed by atoms with E-state index in [-0.39, 0.29) is 5.78 Å². The van der Waals surface area contributed by atoms with Gasteiger partial charge in [0.05, 0.1) is 6.54 Å². The highest BCUT2D eigenvalue weighted by Crippen LogP contribution is 2.14. The van der Waals surface area contributed by atoms with Gasteiger partial charge in [-0.1, -0.05) is 64.1 Å². The molecule has 2 nitrogen and oxygen atoms in total. The van der Waals surface area contributed by atoms with E-state index in [0.717, 1.165) is 18.4 Å². The molecule has 0 unspecified atom stereocenters. The molecule has 2 heteroatoms. The highest BCUT2D eigenvalue weighted by Gasteiger charge is 2.07. The van der Waals surface area contributed by atoms with Crippen LogP contribution in [0.2, 0.25) is 0 Å². The monoisotopic (exact) mass is 261 g/mol. The third-order valence-electron chi connectivity index (χ3n) is 2.61. The SMILES string of the molecule is CC.CC.O=C(CNC1=CCCC1)c1ccccc1. The first kappa shape index (κ1) is 17.4. The number of allylic oxidation sites excluding steroid dienone is 2. The number of nitrogens with one attached hydrogen (secondary N) is 1. The van der Waals surface area contributed by atoms with Crippen LogP contribution < -0.4 is 5.32 Å². The summed E-state index contributed by atoms with van der Waals surface area (Å²) < 4.78 is 0. The molecule has 0 amide bonds. The van der Waals surface area contributed by atoms with Crippen LogP contribution >= 0.6 is 0 Å². The Labute approximate surface area is 117 Å². The molecule has 106 valence electrons. The molecular formula is C17H27NO. The Hall–Kier alpha value is -1.57. The molecule has 0 bridgehead atoms. The second kappa shape index (κ2) is 11.5. The van der Waals surface area contributed by atoms with Crippen molar-refractivity contribution in [1.82, 2.24) is 5.32 Å². The van der Waals surface area contributed by atoms with E-state index >= 15 is 0 Å².